The van der Waals surface area contributed by atoms with Gasteiger partial charge in [0, 0.05) is 13.0 Å². The van der Waals surface area contributed by atoms with E-state index in [1.165, 1.54) is 24.2 Å². The minimum atomic E-state index is -0.236. The first kappa shape index (κ1) is 24.9. The molecule has 0 radical (unpaired) electrons. The summed E-state index contributed by atoms with van der Waals surface area (Å²) in [5.41, 5.74) is 1.47. The van der Waals surface area contributed by atoms with E-state index in [1.807, 2.05) is 39.8 Å². The highest BCUT2D eigenvalue weighted by Gasteiger charge is 2.40. The lowest BCUT2D eigenvalue weighted by Gasteiger charge is -2.16. The van der Waals surface area contributed by atoms with Crippen molar-refractivity contribution >= 4 is 23.4 Å². The van der Waals surface area contributed by atoms with Gasteiger partial charge in [-0.2, -0.15) is 0 Å². The van der Waals surface area contributed by atoms with E-state index in [4.69, 9.17) is 0 Å². The first-order chi connectivity index (χ1) is 13.9. The number of hydrogen-bond acceptors (Lipinski definition) is 3. The van der Waals surface area contributed by atoms with Crippen LogP contribution in [-0.4, -0.2) is 24.3 Å². The molecule has 5 nitrogen and oxygen atoms in total. The number of anilines is 1. The second-order valence-electron chi connectivity index (χ2n) is 7.73. The third kappa shape index (κ3) is 7.64. The zero-order chi connectivity index (χ0) is 21.8. The molecule has 1 atom stereocenters. The summed E-state index contributed by atoms with van der Waals surface area (Å²) in [4.78, 5) is 38.0. The molecule has 1 unspecified atom stereocenters. The first-order valence-electron chi connectivity index (χ1n) is 11.2. The Morgan fingerprint density at radius 1 is 1.07 bits per heavy atom. The van der Waals surface area contributed by atoms with Crippen molar-refractivity contribution in [2.24, 2.45) is 11.8 Å². The van der Waals surface area contributed by atoms with Crippen molar-refractivity contribution in [2.75, 3.05) is 11.4 Å². The van der Waals surface area contributed by atoms with Gasteiger partial charge in [0.1, 0.15) is 0 Å². The molecule has 0 aromatic heterocycles. The molecule has 0 aliphatic carbocycles. The molecule has 1 aromatic carbocycles. The Hall–Kier alpha value is -2.17. The molecule has 1 aromatic rings. The molecule has 0 bridgehead atoms. The van der Waals surface area contributed by atoms with Gasteiger partial charge in [-0.25, -0.2) is 0 Å². The Balaban J connectivity index is 0.00000204. The normalized spacial score (nSPS) is 16.1. The average molecular weight is 403 g/mol. The Labute approximate surface area is 176 Å². The molecule has 2 rings (SSSR count). The number of unbranched alkanes of at least 4 members (excludes halogenated alkanes) is 4. The third-order valence-corrected chi connectivity index (χ3v) is 5.15. The highest BCUT2D eigenvalue weighted by Crippen LogP contribution is 2.30. The molecular formula is C24H38N2O3. The van der Waals surface area contributed by atoms with Crippen LogP contribution in [0.3, 0.4) is 0 Å². The van der Waals surface area contributed by atoms with E-state index in [9.17, 15) is 14.4 Å². The zero-order valence-corrected chi connectivity index (χ0v) is 18.8. The van der Waals surface area contributed by atoms with Gasteiger partial charge in [0.15, 0.2) is 0 Å². The summed E-state index contributed by atoms with van der Waals surface area (Å²) in [7, 11) is 0. The van der Waals surface area contributed by atoms with E-state index in [1.54, 1.807) is 12.1 Å². The lowest BCUT2D eigenvalue weighted by Crippen LogP contribution is -2.31. The molecule has 1 saturated heterocycles. The summed E-state index contributed by atoms with van der Waals surface area (Å²) in [5.74, 6) is -0.348. The van der Waals surface area contributed by atoms with Gasteiger partial charge < -0.3 is 5.32 Å². The molecule has 162 valence electrons. The second-order valence-corrected chi connectivity index (χ2v) is 7.73. The number of hydrogen-bond donors (Lipinski definition) is 1. The van der Waals surface area contributed by atoms with Gasteiger partial charge in [0.05, 0.1) is 18.0 Å². The van der Waals surface area contributed by atoms with Crippen LogP contribution < -0.4 is 10.2 Å². The van der Waals surface area contributed by atoms with Gasteiger partial charge in [-0.1, -0.05) is 72.4 Å². The number of imide groups is 1. The minimum Gasteiger partial charge on any atom is -0.356 e. The second kappa shape index (κ2) is 13.1. The largest absolute Gasteiger partial charge is 0.356 e. The number of carbonyl (C=O) groups is 3. The number of nitrogens with one attached hydrogen (secondary N) is 1. The SMILES string of the molecule is CC.CCCCCCCNC(=O)Cc1ccc(N2C(=O)CC(C(C)C)C2=O)cc1. The summed E-state index contributed by atoms with van der Waals surface area (Å²) < 4.78 is 0. The van der Waals surface area contributed by atoms with Gasteiger partial charge >= 0.3 is 0 Å². The smallest absolute Gasteiger partial charge is 0.237 e. The quantitative estimate of drug-likeness (QED) is 0.448. The van der Waals surface area contributed by atoms with E-state index in [-0.39, 0.29) is 36.0 Å². The molecule has 0 spiro atoms. The third-order valence-electron chi connectivity index (χ3n) is 5.15. The van der Waals surface area contributed by atoms with Gasteiger partial charge in [-0.05, 0) is 30.0 Å². The summed E-state index contributed by atoms with van der Waals surface area (Å²) in [5, 5.41) is 2.95. The number of amides is 3. The topological polar surface area (TPSA) is 66.5 Å². The van der Waals surface area contributed by atoms with E-state index in [0.29, 0.717) is 18.7 Å². The van der Waals surface area contributed by atoms with Crippen LogP contribution >= 0.6 is 0 Å². The highest BCUT2D eigenvalue weighted by molar-refractivity contribution is 6.21. The van der Waals surface area contributed by atoms with Crippen LogP contribution in [0, 0.1) is 11.8 Å². The lowest BCUT2D eigenvalue weighted by atomic mass is 9.94. The van der Waals surface area contributed by atoms with Crippen LogP contribution in [0.2, 0.25) is 0 Å². The number of nitrogens with zero attached hydrogens (tertiary/aromatic N) is 1. The first-order valence-corrected chi connectivity index (χ1v) is 11.2. The molecular weight excluding hydrogens is 364 g/mol. The van der Waals surface area contributed by atoms with Crippen molar-refractivity contribution < 1.29 is 14.4 Å². The van der Waals surface area contributed by atoms with Gasteiger partial charge in [-0.15, -0.1) is 0 Å². The fourth-order valence-electron chi connectivity index (χ4n) is 3.41. The molecule has 1 aliphatic heterocycles. The highest BCUT2D eigenvalue weighted by atomic mass is 16.2. The number of rotatable bonds is 10. The Kier molecular flexibility index (Phi) is 11.3. The van der Waals surface area contributed by atoms with E-state index in [0.717, 1.165) is 18.4 Å². The maximum atomic E-state index is 12.5. The molecule has 1 aliphatic rings. The molecule has 1 heterocycles. The van der Waals surface area contributed by atoms with Crippen LogP contribution in [0.15, 0.2) is 24.3 Å². The van der Waals surface area contributed by atoms with Gasteiger partial charge in [0.25, 0.3) is 0 Å². The maximum absolute atomic E-state index is 12.5. The monoisotopic (exact) mass is 402 g/mol. The summed E-state index contributed by atoms with van der Waals surface area (Å²) in [6, 6.07) is 7.15. The number of carbonyl (C=O) groups excluding carboxylic acids is 3. The summed E-state index contributed by atoms with van der Waals surface area (Å²) >= 11 is 0. The van der Waals surface area contributed by atoms with Crippen LogP contribution in [0.5, 0.6) is 0 Å². The van der Waals surface area contributed by atoms with Crippen molar-refractivity contribution in [3.63, 3.8) is 0 Å². The van der Waals surface area contributed by atoms with Crippen molar-refractivity contribution in [3.8, 4) is 0 Å². The molecule has 29 heavy (non-hydrogen) atoms. The van der Waals surface area contributed by atoms with Crippen LogP contribution in [0.1, 0.15) is 78.7 Å². The standard InChI is InChI=1S/C22H32N2O3.C2H6/c1-4-5-6-7-8-13-23-20(25)14-17-9-11-18(12-10-17)24-21(26)15-19(16(2)3)22(24)27;1-2/h9-12,16,19H,4-8,13-15H2,1-3H3,(H,23,25);1-2H3. The molecule has 1 fully saturated rings. The molecule has 3 amide bonds. The minimum absolute atomic E-state index is 0.00596. The van der Waals surface area contributed by atoms with Crippen molar-refractivity contribution in [2.45, 2.75) is 79.6 Å². The number of benzene rings is 1. The van der Waals surface area contributed by atoms with E-state index < -0.39 is 0 Å². The van der Waals surface area contributed by atoms with Crippen molar-refractivity contribution in [3.05, 3.63) is 29.8 Å². The predicted molar refractivity (Wildman–Crippen MR) is 119 cm³/mol. The van der Waals surface area contributed by atoms with Crippen molar-refractivity contribution in [1.29, 1.82) is 0 Å². The Bertz CT molecular complexity index is 653. The van der Waals surface area contributed by atoms with Gasteiger partial charge in [0.2, 0.25) is 17.7 Å². The van der Waals surface area contributed by atoms with Crippen LogP contribution in [-0.2, 0) is 20.8 Å². The van der Waals surface area contributed by atoms with E-state index in [2.05, 4.69) is 12.2 Å². The maximum Gasteiger partial charge on any atom is 0.237 e. The fraction of sp³-hybridized carbons (Fsp3) is 0.625. The Morgan fingerprint density at radius 2 is 1.69 bits per heavy atom. The van der Waals surface area contributed by atoms with Gasteiger partial charge in [-0.3, -0.25) is 19.3 Å². The molecule has 5 heteroatoms. The predicted octanol–water partition coefficient (Wildman–Crippen LogP) is 4.88. The molecule has 0 saturated carbocycles. The lowest BCUT2D eigenvalue weighted by molar-refractivity contribution is -0.123. The average Bonchev–Trinajstić information content (AvgIpc) is 3.01. The summed E-state index contributed by atoms with van der Waals surface area (Å²) in [6.07, 6.45) is 6.44. The fourth-order valence-corrected chi connectivity index (χ4v) is 3.41. The zero-order valence-electron chi connectivity index (χ0n) is 18.8. The summed E-state index contributed by atoms with van der Waals surface area (Å²) in [6.45, 7) is 10.8. The molecule has 1 N–H and O–H groups in total. The Morgan fingerprint density at radius 3 is 2.24 bits per heavy atom. The van der Waals surface area contributed by atoms with Crippen LogP contribution in [0.4, 0.5) is 5.69 Å². The van der Waals surface area contributed by atoms with Crippen LogP contribution in [0.25, 0.3) is 0 Å². The van der Waals surface area contributed by atoms with Crippen molar-refractivity contribution in [1.82, 2.24) is 5.32 Å². The van der Waals surface area contributed by atoms with E-state index >= 15 is 0 Å².